The Morgan fingerprint density at radius 2 is 1.58 bits per heavy atom. The number of nitrogens with zero attached hydrogens (tertiary/aromatic N) is 1. The Morgan fingerprint density at radius 3 is 2.11 bits per heavy atom. The van der Waals surface area contributed by atoms with Gasteiger partial charge in [0, 0.05) is 19.4 Å². The summed E-state index contributed by atoms with van der Waals surface area (Å²) in [7, 11) is -1.34. The molecule has 0 spiro atoms. The summed E-state index contributed by atoms with van der Waals surface area (Å²) in [6, 6.07) is 21.6. The van der Waals surface area contributed by atoms with Gasteiger partial charge in [-0.2, -0.15) is 0 Å². The number of nitrogens with one attached hydrogen (secondary N) is 1. The third kappa shape index (κ3) is 5.61. The molecule has 0 unspecified atom stereocenters. The predicted octanol–water partition coefficient (Wildman–Crippen LogP) is 1.40. The number of aliphatic hydroxyl groups is 1. The summed E-state index contributed by atoms with van der Waals surface area (Å²) in [6.07, 6.45) is -2.36. The Labute approximate surface area is 223 Å². The van der Waals surface area contributed by atoms with E-state index < -0.39 is 44.1 Å². The summed E-state index contributed by atoms with van der Waals surface area (Å²) in [4.78, 5) is 26.4. The normalized spacial score (nSPS) is 22.0. The maximum atomic E-state index is 12.6. The summed E-state index contributed by atoms with van der Waals surface area (Å²) in [5.41, 5.74) is -1.17. The lowest BCUT2D eigenvalue weighted by Crippen LogP contribution is -2.67. The van der Waals surface area contributed by atoms with Crippen molar-refractivity contribution < 1.29 is 23.7 Å². The van der Waals surface area contributed by atoms with Crippen LogP contribution < -0.4 is 21.6 Å². The number of aromatic amines is 1. The summed E-state index contributed by atoms with van der Waals surface area (Å²) < 4.78 is 25.4. The van der Waals surface area contributed by atoms with Crippen LogP contribution in [0.3, 0.4) is 0 Å². The van der Waals surface area contributed by atoms with Gasteiger partial charge in [0.15, 0.2) is 6.23 Å². The van der Waals surface area contributed by atoms with Crippen LogP contribution in [0, 0.1) is 0 Å². The van der Waals surface area contributed by atoms with E-state index in [9.17, 15) is 14.7 Å². The molecule has 2 N–H and O–H groups in total. The monoisotopic (exact) mass is 540 g/mol. The average molecular weight is 541 g/mol. The van der Waals surface area contributed by atoms with Crippen molar-refractivity contribution in [2.75, 3.05) is 26.9 Å². The zero-order valence-corrected chi connectivity index (χ0v) is 23.2. The molecular formula is C28H36N2O7Si. The fourth-order valence-corrected chi connectivity index (χ4v) is 9.69. The molecule has 4 atom stereocenters. The summed E-state index contributed by atoms with van der Waals surface area (Å²) in [5, 5.41) is 13.3. The van der Waals surface area contributed by atoms with Gasteiger partial charge in [0.05, 0.1) is 19.8 Å². The molecule has 204 valence electrons. The molecule has 1 aromatic heterocycles. The van der Waals surface area contributed by atoms with E-state index in [4.69, 9.17) is 18.6 Å². The minimum absolute atomic E-state index is 0.0766. The first kappa shape index (κ1) is 28.2. The largest absolute Gasteiger partial charge is 0.405 e. The van der Waals surface area contributed by atoms with Crippen LogP contribution in [0.4, 0.5) is 0 Å². The second kappa shape index (κ2) is 11.9. The first-order valence-electron chi connectivity index (χ1n) is 12.7. The third-order valence-corrected chi connectivity index (χ3v) is 11.9. The molecule has 10 heteroatoms. The molecule has 0 radical (unpaired) electrons. The summed E-state index contributed by atoms with van der Waals surface area (Å²) in [6.45, 7) is 7.09. The molecule has 38 heavy (non-hydrogen) atoms. The number of rotatable bonds is 10. The molecule has 1 fully saturated rings. The van der Waals surface area contributed by atoms with Crippen molar-refractivity contribution >= 4 is 18.7 Å². The van der Waals surface area contributed by atoms with Crippen LogP contribution >= 0.6 is 0 Å². The van der Waals surface area contributed by atoms with Crippen molar-refractivity contribution in [3.05, 3.63) is 93.8 Å². The lowest BCUT2D eigenvalue weighted by molar-refractivity contribution is -0.0815. The Morgan fingerprint density at radius 1 is 0.974 bits per heavy atom. The van der Waals surface area contributed by atoms with E-state index >= 15 is 0 Å². The number of hydrogen-bond acceptors (Lipinski definition) is 7. The molecule has 3 aromatic rings. The van der Waals surface area contributed by atoms with Crippen LogP contribution in [0.2, 0.25) is 5.04 Å². The summed E-state index contributed by atoms with van der Waals surface area (Å²) >= 11 is 0. The maximum Gasteiger partial charge on any atom is 0.330 e. The molecule has 1 aliphatic heterocycles. The Hall–Kier alpha value is -2.86. The Balaban J connectivity index is 1.69. The van der Waals surface area contributed by atoms with E-state index in [0.717, 1.165) is 10.4 Å². The molecule has 9 nitrogen and oxygen atoms in total. The molecule has 0 saturated carbocycles. The number of aliphatic hydroxyl groups excluding tert-OH is 1. The number of aromatic nitrogens is 2. The van der Waals surface area contributed by atoms with Gasteiger partial charge in [0.25, 0.3) is 13.9 Å². The quantitative estimate of drug-likeness (QED) is 0.295. The number of methoxy groups -OCH3 is 1. The zero-order chi connectivity index (χ0) is 27.3. The van der Waals surface area contributed by atoms with E-state index in [0.29, 0.717) is 6.61 Å². The number of benzene rings is 2. The smallest absolute Gasteiger partial charge is 0.330 e. The van der Waals surface area contributed by atoms with Gasteiger partial charge in [-0.1, -0.05) is 81.4 Å². The lowest BCUT2D eigenvalue weighted by atomic mass is 10.1. The van der Waals surface area contributed by atoms with Gasteiger partial charge in [0.1, 0.15) is 18.3 Å². The molecule has 1 saturated heterocycles. The van der Waals surface area contributed by atoms with Gasteiger partial charge in [-0.3, -0.25) is 14.3 Å². The minimum Gasteiger partial charge on any atom is -0.405 e. The average Bonchev–Trinajstić information content (AvgIpc) is 3.20. The van der Waals surface area contributed by atoms with Gasteiger partial charge in [-0.15, -0.1) is 0 Å². The van der Waals surface area contributed by atoms with Crippen LogP contribution in [0.15, 0.2) is 82.5 Å². The van der Waals surface area contributed by atoms with E-state index in [1.807, 2.05) is 36.4 Å². The highest BCUT2D eigenvalue weighted by Gasteiger charge is 2.52. The van der Waals surface area contributed by atoms with Crippen molar-refractivity contribution in [1.82, 2.24) is 9.55 Å². The van der Waals surface area contributed by atoms with Gasteiger partial charge in [-0.05, 0) is 15.4 Å². The fraction of sp³-hybridized carbons (Fsp3) is 0.429. The number of ether oxygens (including phenoxy) is 3. The molecule has 2 aromatic carbocycles. The number of hydrogen-bond donors (Lipinski definition) is 2. The maximum absolute atomic E-state index is 12.6. The third-order valence-electron chi connectivity index (χ3n) is 6.92. The molecule has 2 heterocycles. The first-order valence-corrected chi connectivity index (χ1v) is 14.6. The van der Waals surface area contributed by atoms with Gasteiger partial charge in [0.2, 0.25) is 0 Å². The van der Waals surface area contributed by atoms with E-state index in [1.54, 1.807) is 7.11 Å². The highest BCUT2D eigenvalue weighted by Crippen LogP contribution is 2.38. The van der Waals surface area contributed by atoms with Gasteiger partial charge < -0.3 is 23.7 Å². The number of H-pyrrole nitrogens is 1. The van der Waals surface area contributed by atoms with E-state index in [-0.39, 0.29) is 18.3 Å². The van der Waals surface area contributed by atoms with Gasteiger partial charge in [-0.25, -0.2) is 4.79 Å². The Kier molecular flexibility index (Phi) is 8.81. The SMILES string of the molecule is COCCO[C@@H]1[C@H](O)[C@@H](CO[Si](c2ccccc2)(c2ccccc2)C(C)(C)C)O[C@H]1n1ccc(=O)[nH]c1=O. The van der Waals surface area contributed by atoms with Crippen LogP contribution in [0.1, 0.15) is 27.0 Å². The highest BCUT2D eigenvalue weighted by molar-refractivity contribution is 6.99. The summed E-state index contributed by atoms with van der Waals surface area (Å²) in [5.74, 6) is 0. The zero-order valence-electron chi connectivity index (χ0n) is 22.2. The molecule has 4 rings (SSSR count). The van der Waals surface area contributed by atoms with Crippen molar-refractivity contribution in [2.24, 2.45) is 0 Å². The standard InChI is InChI=1S/C28H36N2O7Si/c1-28(2,3)38(20-11-7-5-8-12-20,21-13-9-6-10-14-21)36-19-22-24(32)25(35-18-17-34-4)26(37-22)30-16-15-23(31)29-27(30)33/h5-16,22,24-26,32H,17-19H2,1-4H3,(H,29,31,33)/t22-,24-,25-,26-/m1/s1. The van der Waals surface area contributed by atoms with Crippen LogP contribution in [-0.4, -0.2) is 68.2 Å². The van der Waals surface area contributed by atoms with Crippen LogP contribution in [0.25, 0.3) is 0 Å². The molecule has 1 aliphatic rings. The topological polar surface area (TPSA) is 112 Å². The lowest BCUT2D eigenvalue weighted by Gasteiger charge is -2.43. The first-order chi connectivity index (χ1) is 18.2. The minimum atomic E-state index is -2.89. The van der Waals surface area contributed by atoms with Crippen molar-refractivity contribution in [3.63, 3.8) is 0 Å². The van der Waals surface area contributed by atoms with Crippen LogP contribution in [-0.2, 0) is 18.6 Å². The molecule has 0 bridgehead atoms. The second-order valence-electron chi connectivity index (χ2n) is 10.4. The molecular weight excluding hydrogens is 504 g/mol. The molecule has 0 aliphatic carbocycles. The van der Waals surface area contributed by atoms with E-state index in [1.165, 1.54) is 16.8 Å². The van der Waals surface area contributed by atoms with E-state index in [2.05, 4.69) is 50.0 Å². The molecule has 0 amide bonds. The van der Waals surface area contributed by atoms with Gasteiger partial charge >= 0.3 is 5.69 Å². The van der Waals surface area contributed by atoms with Crippen molar-refractivity contribution in [2.45, 2.75) is 50.3 Å². The van der Waals surface area contributed by atoms with Crippen molar-refractivity contribution in [1.29, 1.82) is 0 Å². The predicted molar refractivity (Wildman–Crippen MR) is 146 cm³/mol. The fourth-order valence-electron chi connectivity index (χ4n) is 5.12. The second-order valence-corrected chi connectivity index (χ2v) is 14.7. The Bertz CT molecular complexity index is 1250. The van der Waals surface area contributed by atoms with Crippen molar-refractivity contribution in [3.8, 4) is 0 Å². The van der Waals surface area contributed by atoms with Crippen LogP contribution in [0.5, 0.6) is 0 Å². The highest BCUT2D eigenvalue weighted by atomic mass is 28.4.